The Hall–Kier alpha value is -1.97. The van der Waals surface area contributed by atoms with Gasteiger partial charge >= 0.3 is 0 Å². The van der Waals surface area contributed by atoms with Crippen molar-refractivity contribution in [1.29, 1.82) is 0 Å². The van der Waals surface area contributed by atoms with Gasteiger partial charge in [0.15, 0.2) is 0 Å². The molecule has 4 heteroatoms. The molecule has 4 nitrogen and oxygen atoms in total. The highest BCUT2D eigenvalue weighted by atomic mass is 16.1. The molecule has 0 aromatic heterocycles. The minimum Gasteiger partial charge on any atom is -0.326 e. The average Bonchev–Trinajstić information content (AvgIpc) is 2.34. The van der Waals surface area contributed by atoms with Crippen molar-refractivity contribution in [3.05, 3.63) is 29.3 Å². The van der Waals surface area contributed by atoms with Gasteiger partial charge in [0.1, 0.15) is 12.6 Å². The highest BCUT2D eigenvalue weighted by Gasteiger charge is 2.04. The maximum Gasteiger partial charge on any atom is 0.221 e. The van der Waals surface area contributed by atoms with Crippen LogP contribution in [0.1, 0.15) is 42.1 Å². The maximum absolute atomic E-state index is 11.0. The molecule has 18 heavy (non-hydrogen) atoms. The molecule has 1 amide bonds. The van der Waals surface area contributed by atoms with Crippen molar-refractivity contribution < 1.29 is 14.4 Å². The first-order chi connectivity index (χ1) is 8.67. The number of amides is 1. The number of hydrogen-bond donors (Lipinski definition) is 1. The van der Waals surface area contributed by atoms with Crippen molar-refractivity contribution in [3.63, 3.8) is 0 Å². The van der Waals surface area contributed by atoms with Crippen LogP contribution in [0.2, 0.25) is 0 Å². The Balaban J connectivity index is 2.74. The number of benzene rings is 1. The topological polar surface area (TPSA) is 63.2 Å². The fourth-order valence-electron chi connectivity index (χ4n) is 1.76. The van der Waals surface area contributed by atoms with E-state index in [1.165, 1.54) is 6.92 Å². The van der Waals surface area contributed by atoms with Gasteiger partial charge in [0.2, 0.25) is 5.91 Å². The number of nitrogens with one attached hydrogen (secondary N) is 1. The normalized spacial score (nSPS) is 9.83. The third-order valence-electron chi connectivity index (χ3n) is 2.61. The lowest BCUT2D eigenvalue weighted by Gasteiger charge is -2.08. The van der Waals surface area contributed by atoms with Crippen LogP contribution < -0.4 is 5.32 Å². The molecule has 0 fully saturated rings. The van der Waals surface area contributed by atoms with Gasteiger partial charge in [-0.15, -0.1) is 0 Å². The smallest absolute Gasteiger partial charge is 0.221 e. The number of aldehydes is 2. The van der Waals surface area contributed by atoms with E-state index < -0.39 is 0 Å². The van der Waals surface area contributed by atoms with Crippen LogP contribution in [0.15, 0.2) is 18.2 Å². The molecule has 0 radical (unpaired) electrons. The van der Waals surface area contributed by atoms with Gasteiger partial charge in [-0.2, -0.15) is 0 Å². The van der Waals surface area contributed by atoms with Crippen molar-refractivity contribution in [2.45, 2.75) is 32.6 Å². The molecule has 0 bridgehead atoms. The average molecular weight is 247 g/mol. The van der Waals surface area contributed by atoms with Gasteiger partial charge < -0.3 is 10.1 Å². The Morgan fingerprint density at radius 2 is 2.06 bits per heavy atom. The van der Waals surface area contributed by atoms with E-state index in [0.29, 0.717) is 17.7 Å². The summed E-state index contributed by atoms with van der Waals surface area (Å²) in [6, 6.07) is 5.22. The van der Waals surface area contributed by atoms with Crippen LogP contribution in [0.25, 0.3) is 0 Å². The molecule has 0 spiro atoms. The highest BCUT2D eigenvalue weighted by Crippen LogP contribution is 2.17. The second-order valence-electron chi connectivity index (χ2n) is 4.13. The van der Waals surface area contributed by atoms with Crippen molar-refractivity contribution in [3.8, 4) is 0 Å². The molecule has 1 N–H and O–H groups in total. The Morgan fingerprint density at radius 1 is 1.28 bits per heavy atom. The van der Waals surface area contributed by atoms with Gasteiger partial charge in [0, 0.05) is 24.6 Å². The minimum absolute atomic E-state index is 0.138. The zero-order valence-corrected chi connectivity index (χ0v) is 10.4. The van der Waals surface area contributed by atoms with Crippen LogP contribution in [-0.4, -0.2) is 18.5 Å². The van der Waals surface area contributed by atoms with Crippen LogP contribution in [0.3, 0.4) is 0 Å². The number of unbranched alkanes of at least 4 members (excludes halogenated alkanes) is 2. The highest BCUT2D eigenvalue weighted by molar-refractivity contribution is 5.89. The Morgan fingerprint density at radius 3 is 2.67 bits per heavy atom. The third kappa shape index (κ3) is 4.49. The summed E-state index contributed by atoms with van der Waals surface area (Å²) >= 11 is 0. The van der Waals surface area contributed by atoms with E-state index in [2.05, 4.69) is 5.32 Å². The summed E-state index contributed by atoms with van der Waals surface area (Å²) in [7, 11) is 0. The van der Waals surface area contributed by atoms with Crippen molar-refractivity contribution >= 4 is 24.2 Å². The summed E-state index contributed by atoms with van der Waals surface area (Å²) < 4.78 is 0. The number of aryl methyl sites for hydroxylation is 1. The van der Waals surface area contributed by atoms with Gasteiger partial charge in [0.25, 0.3) is 0 Å². The molecule has 0 unspecified atom stereocenters. The van der Waals surface area contributed by atoms with Crippen LogP contribution in [0.5, 0.6) is 0 Å². The van der Waals surface area contributed by atoms with Crippen LogP contribution >= 0.6 is 0 Å². The summed E-state index contributed by atoms with van der Waals surface area (Å²) in [4.78, 5) is 32.1. The molecule has 1 aromatic rings. The molecule has 0 saturated heterocycles. The fraction of sp³-hybridized carbons (Fsp3) is 0.357. The van der Waals surface area contributed by atoms with Crippen molar-refractivity contribution in [2.24, 2.45) is 0 Å². The summed E-state index contributed by atoms with van der Waals surface area (Å²) in [6.45, 7) is 1.44. The number of rotatable bonds is 7. The largest absolute Gasteiger partial charge is 0.326 e. The van der Waals surface area contributed by atoms with Gasteiger partial charge in [-0.05, 0) is 43.0 Å². The first kappa shape index (κ1) is 14.1. The lowest BCUT2D eigenvalue weighted by atomic mass is 10.0. The van der Waals surface area contributed by atoms with Gasteiger partial charge in [-0.25, -0.2) is 0 Å². The van der Waals surface area contributed by atoms with E-state index >= 15 is 0 Å². The summed E-state index contributed by atoms with van der Waals surface area (Å²) in [5.41, 5.74) is 2.23. The van der Waals surface area contributed by atoms with E-state index in [-0.39, 0.29) is 5.91 Å². The molecular formula is C14H17NO3. The summed E-state index contributed by atoms with van der Waals surface area (Å²) in [5, 5.41) is 2.69. The first-order valence-electron chi connectivity index (χ1n) is 5.96. The summed E-state index contributed by atoms with van der Waals surface area (Å²) in [6.07, 6.45) is 4.65. The van der Waals surface area contributed by atoms with Gasteiger partial charge in [-0.1, -0.05) is 0 Å². The Bertz CT molecular complexity index is 441. The monoisotopic (exact) mass is 247 g/mol. The van der Waals surface area contributed by atoms with Crippen LogP contribution in [0.4, 0.5) is 5.69 Å². The molecule has 0 heterocycles. The quantitative estimate of drug-likeness (QED) is 0.594. The molecule has 0 aliphatic heterocycles. The van der Waals surface area contributed by atoms with Crippen LogP contribution in [-0.2, 0) is 16.0 Å². The van der Waals surface area contributed by atoms with E-state index in [1.54, 1.807) is 12.1 Å². The minimum atomic E-state index is -0.138. The molecule has 0 aliphatic rings. The predicted molar refractivity (Wildman–Crippen MR) is 69.8 cm³/mol. The van der Waals surface area contributed by atoms with E-state index in [4.69, 9.17) is 0 Å². The van der Waals surface area contributed by atoms with Gasteiger partial charge in [-0.3, -0.25) is 9.59 Å². The second-order valence-corrected chi connectivity index (χ2v) is 4.13. The van der Waals surface area contributed by atoms with E-state index in [0.717, 1.165) is 37.4 Å². The molecule has 1 rings (SSSR count). The zero-order valence-electron chi connectivity index (χ0n) is 10.4. The number of carbonyl (C=O) groups excluding carboxylic acids is 3. The number of anilines is 1. The van der Waals surface area contributed by atoms with E-state index in [9.17, 15) is 14.4 Å². The van der Waals surface area contributed by atoms with E-state index in [1.807, 2.05) is 6.07 Å². The lowest BCUT2D eigenvalue weighted by molar-refractivity contribution is -0.114. The first-order valence-corrected chi connectivity index (χ1v) is 5.96. The van der Waals surface area contributed by atoms with Gasteiger partial charge in [0.05, 0.1) is 0 Å². The second kappa shape index (κ2) is 7.37. The number of carbonyl (C=O) groups is 3. The summed E-state index contributed by atoms with van der Waals surface area (Å²) in [5.74, 6) is -0.138. The SMILES string of the molecule is CC(=O)Nc1ccc(C=O)c(CCCCC=O)c1. The standard InChI is InChI=1S/C14H17NO3/c1-11(18)15-14-7-6-13(10-17)12(9-14)5-3-2-4-8-16/h6-10H,2-5H2,1H3,(H,15,18). The van der Waals surface area contributed by atoms with Crippen LogP contribution in [0, 0.1) is 0 Å². The number of hydrogen-bond acceptors (Lipinski definition) is 3. The lowest BCUT2D eigenvalue weighted by Crippen LogP contribution is -2.06. The Kier molecular flexibility index (Phi) is 5.77. The van der Waals surface area contributed by atoms with Crippen molar-refractivity contribution in [1.82, 2.24) is 0 Å². The predicted octanol–water partition coefficient (Wildman–Crippen LogP) is 2.37. The molecule has 96 valence electrons. The third-order valence-corrected chi connectivity index (χ3v) is 2.61. The Labute approximate surface area is 106 Å². The maximum atomic E-state index is 11.0. The van der Waals surface area contributed by atoms with Crippen molar-refractivity contribution in [2.75, 3.05) is 5.32 Å². The molecule has 0 saturated carbocycles. The fourth-order valence-corrected chi connectivity index (χ4v) is 1.76. The molecule has 0 aliphatic carbocycles. The molecule has 0 atom stereocenters. The zero-order chi connectivity index (χ0) is 13.4. The molecule has 1 aromatic carbocycles. The molecular weight excluding hydrogens is 230 g/mol.